The highest BCUT2D eigenvalue weighted by Gasteiger charge is 2.71. The molecule has 0 radical (unpaired) electrons. The summed E-state index contributed by atoms with van der Waals surface area (Å²) in [5, 5.41) is 0. The van der Waals surface area contributed by atoms with Gasteiger partial charge in [0, 0.05) is 19.5 Å². The van der Waals surface area contributed by atoms with E-state index in [1.54, 1.807) is 4.90 Å². The third-order valence-corrected chi connectivity index (χ3v) is 3.39. The lowest BCUT2D eigenvalue weighted by molar-refractivity contribution is -0.146. The zero-order chi connectivity index (χ0) is 10.5. The van der Waals surface area contributed by atoms with E-state index in [1.807, 2.05) is 0 Å². The van der Waals surface area contributed by atoms with Gasteiger partial charge in [0.15, 0.2) is 5.78 Å². The Morgan fingerprint density at radius 2 is 2.13 bits per heavy atom. The Kier molecular flexibility index (Phi) is 1.87. The Hall–Kier alpha value is -0.940. The average molecular weight is 211 g/mol. The number of morpholine rings is 1. The normalized spacial score (nSPS) is 39.1. The van der Waals surface area contributed by atoms with Crippen molar-refractivity contribution in [2.24, 2.45) is 0 Å². The minimum atomic E-state index is -1.07. The molecule has 0 aromatic carbocycles. The monoisotopic (exact) mass is 211 g/mol. The predicted molar refractivity (Wildman–Crippen MR) is 49.2 cm³/mol. The first kappa shape index (κ1) is 9.30. The lowest BCUT2D eigenvalue weighted by atomic mass is 10.0. The summed E-state index contributed by atoms with van der Waals surface area (Å²) in [6.07, 6.45) is 1.05. The highest BCUT2D eigenvalue weighted by atomic mass is 16.6. The van der Waals surface area contributed by atoms with E-state index < -0.39 is 5.60 Å². The van der Waals surface area contributed by atoms with Gasteiger partial charge in [-0.25, -0.2) is 0 Å². The molecule has 0 aromatic rings. The van der Waals surface area contributed by atoms with Crippen molar-refractivity contribution in [1.29, 1.82) is 0 Å². The number of hydrogen-bond acceptors (Lipinski definition) is 4. The quantitative estimate of drug-likeness (QED) is 0.427. The van der Waals surface area contributed by atoms with Gasteiger partial charge in [0.2, 0.25) is 5.60 Å². The number of fused-ring (bicyclic) bond motifs is 1. The maximum Gasteiger partial charge on any atom is 0.265 e. The number of carbonyl (C=O) groups is 2. The first-order chi connectivity index (χ1) is 7.25. The third-order valence-electron chi connectivity index (χ3n) is 3.39. The van der Waals surface area contributed by atoms with Crippen molar-refractivity contribution in [3.05, 3.63) is 0 Å². The van der Waals surface area contributed by atoms with Crippen molar-refractivity contribution in [2.75, 3.05) is 26.3 Å². The van der Waals surface area contributed by atoms with E-state index in [1.165, 1.54) is 0 Å². The molecule has 5 nitrogen and oxygen atoms in total. The van der Waals surface area contributed by atoms with E-state index in [-0.39, 0.29) is 17.8 Å². The predicted octanol–water partition coefficient (Wildman–Crippen LogP) is -0.654. The fourth-order valence-electron chi connectivity index (χ4n) is 2.45. The molecule has 82 valence electrons. The Balaban J connectivity index is 1.77. The van der Waals surface area contributed by atoms with E-state index in [0.717, 1.165) is 0 Å². The Morgan fingerprint density at radius 3 is 2.67 bits per heavy atom. The SMILES string of the molecule is O=C1CCC2OC12C(=O)N1CCOCC1. The van der Waals surface area contributed by atoms with Crippen LogP contribution in [0.1, 0.15) is 12.8 Å². The van der Waals surface area contributed by atoms with Crippen molar-refractivity contribution >= 4 is 11.7 Å². The standard InChI is InChI=1S/C10H13NO4/c12-7-1-2-8-10(7,15-8)9(13)11-3-5-14-6-4-11/h8H,1-6H2. The lowest BCUT2D eigenvalue weighted by Crippen LogP contribution is -2.49. The van der Waals surface area contributed by atoms with Gasteiger partial charge in [-0.1, -0.05) is 0 Å². The number of Topliss-reactive ketones (excluding diaryl/α,β-unsaturated/α-hetero) is 1. The summed E-state index contributed by atoms with van der Waals surface area (Å²) in [7, 11) is 0. The number of ether oxygens (including phenoxy) is 2. The van der Waals surface area contributed by atoms with Gasteiger partial charge in [-0.15, -0.1) is 0 Å². The van der Waals surface area contributed by atoms with Gasteiger partial charge in [-0.2, -0.15) is 0 Å². The van der Waals surface area contributed by atoms with E-state index in [9.17, 15) is 9.59 Å². The van der Waals surface area contributed by atoms with Crippen molar-refractivity contribution in [3.63, 3.8) is 0 Å². The number of hydrogen-bond donors (Lipinski definition) is 0. The summed E-state index contributed by atoms with van der Waals surface area (Å²) in [4.78, 5) is 25.4. The number of carbonyl (C=O) groups excluding carboxylic acids is 2. The third kappa shape index (κ3) is 1.16. The van der Waals surface area contributed by atoms with Gasteiger partial charge >= 0.3 is 0 Å². The molecule has 3 aliphatic rings. The van der Waals surface area contributed by atoms with Crippen LogP contribution in [0.25, 0.3) is 0 Å². The molecule has 1 saturated carbocycles. The first-order valence-corrected chi connectivity index (χ1v) is 5.33. The van der Waals surface area contributed by atoms with Crippen molar-refractivity contribution in [1.82, 2.24) is 4.90 Å². The molecular weight excluding hydrogens is 198 g/mol. The Labute approximate surface area is 87.3 Å². The molecule has 3 fully saturated rings. The smallest absolute Gasteiger partial charge is 0.265 e. The number of ketones is 1. The highest BCUT2D eigenvalue weighted by Crippen LogP contribution is 2.48. The van der Waals surface area contributed by atoms with Crippen LogP contribution in [0.4, 0.5) is 0 Å². The Morgan fingerprint density at radius 1 is 1.40 bits per heavy atom. The van der Waals surface area contributed by atoms with Crippen molar-refractivity contribution in [3.8, 4) is 0 Å². The maximum atomic E-state index is 12.1. The minimum Gasteiger partial charge on any atom is -0.378 e. The second-order valence-corrected chi connectivity index (χ2v) is 4.21. The number of epoxide rings is 1. The van der Waals surface area contributed by atoms with E-state index >= 15 is 0 Å². The van der Waals surface area contributed by atoms with Gasteiger partial charge < -0.3 is 14.4 Å². The number of nitrogens with zero attached hydrogens (tertiary/aromatic N) is 1. The van der Waals surface area contributed by atoms with E-state index in [2.05, 4.69) is 0 Å². The summed E-state index contributed by atoms with van der Waals surface area (Å²) >= 11 is 0. The molecule has 0 aromatic heterocycles. The average Bonchev–Trinajstić information content (AvgIpc) is 2.94. The van der Waals surface area contributed by atoms with Crippen LogP contribution >= 0.6 is 0 Å². The largest absolute Gasteiger partial charge is 0.378 e. The minimum absolute atomic E-state index is 0.0380. The van der Waals surface area contributed by atoms with Crippen LogP contribution in [0.2, 0.25) is 0 Å². The summed E-state index contributed by atoms with van der Waals surface area (Å²) < 4.78 is 10.5. The topological polar surface area (TPSA) is 59.1 Å². The molecule has 2 atom stereocenters. The van der Waals surface area contributed by atoms with Crippen LogP contribution in [0, 0.1) is 0 Å². The van der Waals surface area contributed by atoms with Crippen LogP contribution in [-0.4, -0.2) is 54.6 Å². The summed E-state index contributed by atoms with van der Waals surface area (Å²) in [5.41, 5.74) is -1.07. The molecule has 2 aliphatic heterocycles. The van der Waals surface area contributed by atoms with Gasteiger partial charge in [-0.3, -0.25) is 9.59 Å². The van der Waals surface area contributed by atoms with Crippen molar-refractivity contribution in [2.45, 2.75) is 24.5 Å². The molecule has 1 aliphatic carbocycles. The fraction of sp³-hybridized carbons (Fsp3) is 0.800. The zero-order valence-electron chi connectivity index (χ0n) is 8.40. The fourth-order valence-corrected chi connectivity index (χ4v) is 2.45. The molecule has 0 spiro atoms. The molecule has 2 unspecified atom stereocenters. The van der Waals surface area contributed by atoms with Crippen LogP contribution < -0.4 is 0 Å². The summed E-state index contributed by atoms with van der Waals surface area (Å²) in [5.74, 6) is -0.178. The number of amides is 1. The molecular formula is C10H13NO4. The first-order valence-electron chi connectivity index (χ1n) is 5.33. The maximum absolute atomic E-state index is 12.1. The van der Waals surface area contributed by atoms with E-state index in [0.29, 0.717) is 39.1 Å². The second-order valence-electron chi connectivity index (χ2n) is 4.21. The van der Waals surface area contributed by atoms with Gasteiger partial charge in [-0.05, 0) is 6.42 Å². The van der Waals surface area contributed by atoms with Gasteiger partial charge in [0.05, 0.1) is 13.2 Å². The molecule has 3 rings (SSSR count). The molecule has 5 heteroatoms. The molecule has 2 heterocycles. The summed E-state index contributed by atoms with van der Waals surface area (Å²) in [6, 6.07) is 0. The van der Waals surface area contributed by atoms with Crippen molar-refractivity contribution < 1.29 is 19.1 Å². The molecule has 1 amide bonds. The van der Waals surface area contributed by atoms with Gasteiger partial charge in [0.25, 0.3) is 5.91 Å². The van der Waals surface area contributed by atoms with Crippen LogP contribution in [0.15, 0.2) is 0 Å². The molecule has 15 heavy (non-hydrogen) atoms. The van der Waals surface area contributed by atoms with Crippen LogP contribution in [0.3, 0.4) is 0 Å². The molecule has 2 saturated heterocycles. The zero-order valence-corrected chi connectivity index (χ0v) is 8.40. The molecule has 0 N–H and O–H groups in total. The van der Waals surface area contributed by atoms with Crippen LogP contribution in [-0.2, 0) is 19.1 Å². The number of rotatable bonds is 1. The van der Waals surface area contributed by atoms with E-state index in [4.69, 9.17) is 9.47 Å². The van der Waals surface area contributed by atoms with Crippen LogP contribution in [0.5, 0.6) is 0 Å². The summed E-state index contributed by atoms with van der Waals surface area (Å²) in [6.45, 7) is 2.26. The van der Waals surface area contributed by atoms with Gasteiger partial charge in [0.1, 0.15) is 6.10 Å². The molecule has 0 bridgehead atoms. The second kappa shape index (κ2) is 3.02. The Bertz CT molecular complexity index is 323. The lowest BCUT2D eigenvalue weighted by Gasteiger charge is -2.28. The highest BCUT2D eigenvalue weighted by molar-refractivity contribution is 6.14.